The smallest absolute Gasteiger partial charge is 0.233 e. The van der Waals surface area contributed by atoms with Gasteiger partial charge in [0.2, 0.25) is 5.91 Å². The van der Waals surface area contributed by atoms with Crippen LogP contribution in [-0.4, -0.2) is 68.8 Å². The predicted molar refractivity (Wildman–Crippen MR) is 109 cm³/mol. The van der Waals surface area contributed by atoms with E-state index >= 15 is 0 Å². The minimum absolute atomic E-state index is 0.0609. The highest BCUT2D eigenvalue weighted by atomic mass is 32.2. The van der Waals surface area contributed by atoms with Crippen LogP contribution in [0.25, 0.3) is 11.4 Å². The van der Waals surface area contributed by atoms with Crippen molar-refractivity contribution in [3.63, 3.8) is 0 Å². The molecule has 0 aliphatic carbocycles. The van der Waals surface area contributed by atoms with Gasteiger partial charge in [-0.1, -0.05) is 25.6 Å². The third-order valence-electron chi connectivity index (χ3n) is 4.63. The number of hydrogen-bond donors (Lipinski definition) is 0. The van der Waals surface area contributed by atoms with Gasteiger partial charge in [0.1, 0.15) is 0 Å². The average Bonchev–Trinajstić information content (AvgIpc) is 3.20. The predicted octanol–water partition coefficient (Wildman–Crippen LogP) is 1.64. The first-order valence-electron chi connectivity index (χ1n) is 9.19. The molecule has 2 aromatic heterocycles. The Kier molecular flexibility index (Phi) is 6.39. The molecule has 0 saturated carbocycles. The fraction of sp³-hybridized carbons (Fsp3) is 0.556. The summed E-state index contributed by atoms with van der Waals surface area (Å²) in [5, 5.41) is 9.05. The van der Waals surface area contributed by atoms with Crippen molar-refractivity contribution in [3.05, 3.63) is 24.5 Å². The van der Waals surface area contributed by atoms with Crippen LogP contribution in [0.5, 0.6) is 0 Å². The molecule has 152 valence electrons. The monoisotopic (exact) mass is 423 g/mol. The van der Waals surface area contributed by atoms with E-state index in [2.05, 4.69) is 15.2 Å². The molecule has 1 amide bonds. The van der Waals surface area contributed by atoms with E-state index in [0.29, 0.717) is 23.9 Å². The molecule has 1 saturated heterocycles. The van der Waals surface area contributed by atoms with Gasteiger partial charge in [-0.3, -0.25) is 9.78 Å². The van der Waals surface area contributed by atoms with Crippen LogP contribution in [0.15, 0.2) is 29.7 Å². The average molecular weight is 424 g/mol. The van der Waals surface area contributed by atoms with Crippen LogP contribution in [-0.2, 0) is 21.7 Å². The molecule has 3 rings (SSSR count). The quantitative estimate of drug-likeness (QED) is 0.624. The van der Waals surface area contributed by atoms with Crippen molar-refractivity contribution in [1.29, 1.82) is 0 Å². The van der Waals surface area contributed by atoms with Gasteiger partial charge in [0.05, 0.1) is 17.3 Å². The summed E-state index contributed by atoms with van der Waals surface area (Å²) >= 11 is 1.32. The molecular weight excluding hydrogens is 398 g/mol. The van der Waals surface area contributed by atoms with Crippen molar-refractivity contribution in [1.82, 2.24) is 24.6 Å². The van der Waals surface area contributed by atoms with Crippen molar-refractivity contribution in [2.75, 3.05) is 23.8 Å². The van der Waals surface area contributed by atoms with E-state index in [0.717, 1.165) is 5.56 Å². The summed E-state index contributed by atoms with van der Waals surface area (Å²) < 4.78 is 25.5. The number of carbonyl (C=O) groups excluding carboxylic acids is 1. The minimum Gasteiger partial charge on any atom is -0.338 e. The second-order valence-corrected chi connectivity index (χ2v) is 10.6. The van der Waals surface area contributed by atoms with E-state index in [1.54, 1.807) is 17.3 Å². The zero-order valence-corrected chi connectivity index (χ0v) is 17.9. The Morgan fingerprint density at radius 2 is 2.04 bits per heavy atom. The van der Waals surface area contributed by atoms with E-state index in [4.69, 9.17) is 0 Å². The Balaban J connectivity index is 1.69. The number of amides is 1. The SMILES string of the molecule is CC(C)CN(C(=O)CSc1nnc(-c2ccncc2)n1C)[C@H]1CCS(=O)(=O)C1. The van der Waals surface area contributed by atoms with Gasteiger partial charge >= 0.3 is 0 Å². The Labute approximate surface area is 169 Å². The maximum atomic E-state index is 12.9. The van der Waals surface area contributed by atoms with E-state index in [1.165, 1.54) is 11.8 Å². The second-order valence-electron chi connectivity index (χ2n) is 7.39. The lowest BCUT2D eigenvalue weighted by Gasteiger charge is -2.29. The fourth-order valence-electron chi connectivity index (χ4n) is 3.27. The lowest BCUT2D eigenvalue weighted by molar-refractivity contribution is -0.130. The molecular formula is C18H25N5O3S2. The van der Waals surface area contributed by atoms with Gasteiger partial charge in [-0.15, -0.1) is 10.2 Å². The summed E-state index contributed by atoms with van der Waals surface area (Å²) in [7, 11) is -1.18. The third-order valence-corrected chi connectivity index (χ3v) is 7.38. The normalized spacial score (nSPS) is 18.5. The summed E-state index contributed by atoms with van der Waals surface area (Å²) in [5.74, 6) is 1.33. The van der Waals surface area contributed by atoms with Crippen molar-refractivity contribution >= 4 is 27.5 Å². The number of aromatic nitrogens is 4. The van der Waals surface area contributed by atoms with Gasteiger partial charge in [-0.2, -0.15) is 0 Å². The van der Waals surface area contributed by atoms with Gasteiger partial charge in [-0.05, 0) is 24.5 Å². The number of rotatable bonds is 7. The van der Waals surface area contributed by atoms with Crippen LogP contribution in [0.2, 0.25) is 0 Å². The zero-order valence-electron chi connectivity index (χ0n) is 16.3. The Morgan fingerprint density at radius 3 is 2.64 bits per heavy atom. The lowest BCUT2D eigenvalue weighted by Crippen LogP contribution is -2.44. The fourth-order valence-corrected chi connectivity index (χ4v) is 5.80. The topological polar surface area (TPSA) is 98.1 Å². The zero-order chi connectivity index (χ0) is 20.3. The Morgan fingerprint density at radius 1 is 1.32 bits per heavy atom. The molecule has 1 atom stereocenters. The van der Waals surface area contributed by atoms with E-state index in [1.807, 2.05) is 37.6 Å². The summed E-state index contributed by atoms with van der Waals surface area (Å²) in [6.07, 6.45) is 3.90. The van der Waals surface area contributed by atoms with Gasteiger partial charge in [0, 0.05) is 37.6 Å². The van der Waals surface area contributed by atoms with Crippen molar-refractivity contribution in [2.24, 2.45) is 13.0 Å². The van der Waals surface area contributed by atoms with E-state index < -0.39 is 9.84 Å². The molecule has 0 spiro atoms. The molecule has 0 radical (unpaired) electrons. The van der Waals surface area contributed by atoms with Crippen LogP contribution in [0.1, 0.15) is 20.3 Å². The molecule has 0 bridgehead atoms. The molecule has 0 aromatic carbocycles. The van der Waals surface area contributed by atoms with Gasteiger partial charge < -0.3 is 9.47 Å². The van der Waals surface area contributed by atoms with Crippen LogP contribution in [0.3, 0.4) is 0 Å². The molecule has 3 heterocycles. The lowest BCUT2D eigenvalue weighted by atomic mass is 10.1. The minimum atomic E-state index is -3.04. The number of nitrogens with zero attached hydrogens (tertiary/aromatic N) is 5. The first-order chi connectivity index (χ1) is 13.3. The molecule has 1 aliphatic heterocycles. The van der Waals surface area contributed by atoms with Crippen LogP contribution in [0.4, 0.5) is 0 Å². The van der Waals surface area contributed by atoms with Gasteiger partial charge in [0.15, 0.2) is 20.8 Å². The highest BCUT2D eigenvalue weighted by Crippen LogP contribution is 2.24. The number of carbonyl (C=O) groups is 1. The summed E-state index contributed by atoms with van der Waals surface area (Å²) in [4.78, 5) is 18.6. The molecule has 0 unspecified atom stereocenters. The Hall–Kier alpha value is -1.94. The molecule has 28 heavy (non-hydrogen) atoms. The number of pyridine rings is 1. The van der Waals surface area contributed by atoms with Gasteiger partial charge in [-0.25, -0.2) is 8.42 Å². The van der Waals surface area contributed by atoms with E-state index in [-0.39, 0.29) is 35.1 Å². The summed E-state index contributed by atoms with van der Waals surface area (Å²) in [5.41, 5.74) is 0.903. The number of sulfone groups is 1. The first kappa shape index (κ1) is 20.8. The molecule has 2 aromatic rings. The number of hydrogen-bond acceptors (Lipinski definition) is 7. The second kappa shape index (κ2) is 8.60. The largest absolute Gasteiger partial charge is 0.338 e. The maximum absolute atomic E-state index is 12.9. The molecule has 1 fully saturated rings. The summed E-state index contributed by atoms with van der Waals surface area (Å²) in [6.45, 7) is 4.61. The standard InChI is InChI=1S/C18H25N5O3S2/c1-13(2)10-23(15-6-9-28(25,26)12-15)16(24)11-27-18-21-20-17(22(18)3)14-4-7-19-8-5-14/h4-5,7-8,13,15H,6,9-12H2,1-3H3/t15-/m0/s1. The third kappa shape index (κ3) is 4.91. The number of thioether (sulfide) groups is 1. The van der Waals surface area contributed by atoms with Crippen LogP contribution < -0.4 is 0 Å². The van der Waals surface area contributed by atoms with Crippen molar-refractivity contribution in [3.8, 4) is 11.4 Å². The highest BCUT2D eigenvalue weighted by molar-refractivity contribution is 7.99. The summed E-state index contributed by atoms with van der Waals surface area (Å²) in [6, 6.07) is 3.48. The van der Waals surface area contributed by atoms with Crippen molar-refractivity contribution < 1.29 is 13.2 Å². The first-order valence-corrected chi connectivity index (χ1v) is 12.0. The van der Waals surface area contributed by atoms with Crippen LogP contribution in [0, 0.1) is 5.92 Å². The van der Waals surface area contributed by atoms with Gasteiger partial charge in [0.25, 0.3) is 0 Å². The molecule has 8 nitrogen and oxygen atoms in total. The Bertz CT molecular complexity index is 928. The molecule has 0 N–H and O–H groups in total. The molecule has 1 aliphatic rings. The maximum Gasteiger partial charge on any atom is 0.233 e. The highest BCUT2D eigenvalue weighted by Gasteiger charge is 2.34. The van der Waals surface area contributed by atoms with Crippen LogP contribution >= 0.6 is 11.8 Å². The molecule has 10 heteroatoms. The van der Waals surface area contributed by atoms with Crippen molar-refractivity contribution in [2.45, 2.75) is 31.5 Å². The van der Waals surface area contributed by atoms with E-state index in [9.17, 15) is 13.2 Å².